The summed E-state index contributed by atoms with van der Waals surface area (Å²) >= 11 is 0. The number of carbonyl (C=O) groups is 1. The van der Waals surface area contributed by atoms with Crippen molar-refractivity contribution in [2.45, 2.75) is 212 Å². The second-order valence-electron chi connectivity index (χ2n) is 12.6. The van der Waals surface area contributed by atoms with Crippen LogP contribution in [0.5, 0.6) is 0 Å². The van der Waals surface area contributed by atoms with Gasteiger partial charge < -0.3 is 25.7 Å². The highest BCUT2D eigenvalue weighted by molar-refractivity contribution is 5.80. The molecule has 41 heavy (non-hydrogen) atoms. The molecule has 0 rings (SSSR count). The van der Waals surface area contributed by atoms with Crippen molar-refractivity contribution in [1.82, 2.24) is 5.32 Å². The van der Waals surface area contributed by atoms with E-state index in [1.165, 1.54) is 116 Å². The molecule has 0 aliphatic carbocycles. The normalized spacial score (nSPS) is 14.6. The number of aliphatic hydroxyl groups is 4. The molecule has 6 heteroatoms. The molecule has 1 amide bonds. The molecule has 0 bridgehead atoms. The van der Waals surface area contributed by atoms with E-state index >= 15 is 0 Å². The van der Waals surface area contributed by atoms with Gasteiger partial charge in [-0.1, -0.05) is 174 Å². The third-order valence-electron chi connectivity index (χ3n) is 8.57. The van der Waals surface area contributed by atoms with Crippen molar-refractivity contribution in [1.29, 1.82) is 0 Å². The smallest absolute Gasteiger partial charge is 0.249 e. The average molecular weight is 586 g/mol. The number of amides is 1. The third-order valence-corrected chi connectivity index (χ3v) is 8.57. The van der Waals surface area contributed by atoms with Gasteiger partial charge in [0.1, 0.15) is 12.2 Å². The van der Waals surface area contributed by atoms with Crippen LogP contribution in [-0.4, -0.2) is 57.3 Å². The van der Waals surface area contributed by atoms with E-state index in [0.29, 0.717) is 12.8 Å². The van der Waals surface area contributed by atoms with Crippen LogP contribution < -0.4 is 5.32 Å². The van der Waals surface area contributed by atoms with Gasteiger partial charge in [-0.25, -0.2) is 0 Å². The fraction of sp³-hybridized carbons (Fsp3) is 0.971. The van der Waals surface area contributed by atoms with Gasteiger partial charge in [0.05, 0.1) is 18.8 Å². The highest BCUT2D eigenvalue weighted by atomic mass is 16.3. The Morgan fingerprint density at radius 3 is 1.20 bits per heavy atom. The Balaban J connectivity index is 3.58. The summed E-state index contributed by atoms with van der Waals surface area (Å²) in [5.41, 5.74) is 0. The second-order valence-corrected chi connectivity index (χ2v) is 12.6. The summed E-state index contributed by atoms with van der Waals surface area (Å²) in [6.07, 6.45) is 29.1. The number of carbonyl (C=O) groups excluding carboxylic acids is 1. The van der Waals surface area contributed by atoms with E-state index in [0.717, 1.165) is 44.9 Å². The molecule has 6 nitrogen and oxygen atoms in total. The maximum absolute atomic E-state index is 12.3. The van der Waals surface area contributed by atoms with Crippen LogP contribution in [0.3, 0.4) is 0 Å². The van der Waals surface area contributed by atoms with E-state index in [1.54, 1.807) is 0 Å². The van der Waals surface area contributed by atoms with E-state index in [9.17, 15) is 25.2 Å². The van der Waals surface area contributed by atoms with Crippen LogP contribution in [0.2, 0.25) is 0 Å². The van der Waals surface area contributed by atoms with Crippen LogP contribution in [0.1, 0.15) is 187 Å². The van der Waals surface area contributed by atoms with Crippen LogP contribution >= 0.6 is 0 Å². The Morgan fingerprint density at radius 1 is 0.512 bits per heavy atom. The highest BCUT2D eigenvalue weighted by Crippen LogP contribution is 2.16. The maximum Gasteiger partial charge on any atom is 0.249 e. The molecule has 0 heterocycles. The highest BCUT2D eigenvalue weighted by Gasteiger charge is 2.28. The van der Waals surface area contributed by atoms with Gasteiger partial charge in [-0.3, -0.25) is 4.79 Å². The van der Waals surface area contributed by atoms with Gasteiger partial charge in [0.2, 0.25) is 5.91 Å². The van der Waals surface area contributed by atoms with E-state index in [4.69, 9.17) is 0 Å². The third kappa shape index (κ3) is 25.5. The zero-order valence-electron chi connectivity index (χ0n) is 27.3. The van der Waals surface area contributed by atoms with Gasteiger partial charge in [0.15, 0.2) is 0 Å². The van der Waals surface area contributed by atoms with Crippen molar-refractivity contribution in [2.24, 2.45) is 0 Å². The van der Waals surface area contributed by atoms with E-state index in [1.807, 2.05) is 0 Å². The van der Waals surface area contributed by atoms with Crippen molar-refractivity contribution >= 4 is 5.91 Å². The molecule has 0 aromatic heterocycles. The molecule has 0 aliphatic heterocycles. The molecule has 0 saturated heterocycles. The largest absolute Gasteiger partial charge is 0.394 e. The minimum absolute atomic E-state index is 0.374. The summed E-state index contributed by atoms with van der Waals surface area (Å²) in [5, 5.41) is 42.8. The zero-order valence-corrected chi connectivity index (χ0v) is 27.3. The molecular formula is C35H71NO5. The van der Waals surface area contributed by atoms with Gasteiger partial charge in [-0.05, 0) is 12.8 Å². The molecule has 0 spiro atoms. The molecule has 5 N–H and O–H groups in total. The molecule has 246 valence electrons. The van der Waals surface area contributed by atoms with Gasteiger partial charge in [0.25, 0.3) is 0 Å². The molecule has 0 radical (unpaired) electrons. The first-order valence-corrected chi connectivity index (χ1v) is 17.9. The number of rotatable bonds is 32. The first-order chi connectivity index (χ1) is 20.0. The Hall–Kier alpha value is -0.690. The number of nitrogens with one attached hydrogen (secondary N) is 1. The van der Waals surface area contributed by atoms with Crippen molar-refractivity contribution in [3.05, 3.63) is 0 Å². The zero-order chi connectivity index (χ0) is 30.4. The molecule has 0 aromatic rings. The Kier molecular flexibility index (Phi) is 30.2. The van der Waals surface area contributed by atoms with Gasteiger partial charge in [0, 0.05) is 0 Å². The van der Waals surface area contributed by atoms with Crippen LogP contribution in [0, 0.1) is 0 Å². The summed E-state index contributed by atoms with van der Waals surface area (Å²) in [5.74, 6) is -0.588. The van der Waals surface area contributed by atoms with Crippen LogP contribution in [0.15, 0.2) is 0 Å². The fourth-order valence-corrected chi connectivity index (χ4v) is 5.64. The molecule has 0 aromatic carbocycles. The monoisotopic (exact) mass is 586 g/mol. The summed E-state index contributed by atoms with van der Waals surface area (Å²) in [7, 11) is 0. The van der Waals surface area contributed by atoms with Crippen molar-refractivity contribution in [3.63, 3.8) is 0 Å². The first-order valence-electron chi connectivity index (χ1n) is 17.9. The molecule has 0 aliphatic rings. The standard InChI is InChI=1S/C35H71NO5/c1-3-5-7-9-10-11-12-13-14-15-16-17-18-19-20-21-22-23-24-25-27-29-33(39)35(41)36-31(30-37)34(40)32(38)28-26-8-6-4-2/h31-34,37-40H,3-30H2,1-2H3,(H,36,41). The average Bonchev–Trinajstić information content (AvgIpc) is 2.98. The quantitative estimate of drug-likeness (QED) is 0.0512. The SMILES string of the molecule is CCCCCCCCCCCCCCCCCCCCCCCC(O)C(=O)NC(CO)C(O)C(O)CCCCCC. The molecular weight excluding hydrogens is 514 g/mol. The summed E-state index contributed by atoms with van der Waals surface area (Å²) in [6, 6.07) is -0.974. The molecule has 4 unspecified atom stereocenters. The lowest BCUT2D eigenvalue weighted by Gasteiger charge is -2.27. The van der Waals surface area contributed by atoms with Gasteiger partial charge in [-0.15, -0.1) is 0 Å². The van der Waals surface area contributed by atoms with Crippen molar-refractivity contribution < 1.29 is 25.2 Å². The van der Waals surface area contributed by atoms with Crippen molar-refractivity contribution in [3.8, 4) is 0 Å². The lowest BCUT2D eigenvalue weighted by Crippen LogP contribution is -2.53. The van der Waals surface area contributed by atoms with Crippen LogP contribution in [-0.2, 0) is 4.79 Å². The Morgan fingerprint density at radius 2 is 0.829 bits per heavy atom. The molecule has 0 saturated carbocycles. The summed E-state index contributed by atoms with van der Waals surface area (Å²) in [4.78, 5) is 12.3. The van der Waals surface area contributed by atoms with Crippen molar-refractivity contribution in [2.75, 3.05) is 6.61 Å². The second kappa shape index (κ2) is 30.8. The molecule has 0 fully saturated rings. The topological polar surface area (TPSA) is 110 Å². The Bertz CT molecular complexity index is 547. The fourth-order valence-electron chi connectivity index (χ4n) is 5.64. The number of aliphatic hydroxyl groups excluding tert-OH is 4. The predicted octanol–water partition coefficient (Wildman–Crippen LogP) is 8.12. The number of hydrogen-bond donors (Lipinski definition) is 5. The van der Waals surface area contributed by atoms with Crippen LogP contribution in [0.25, 0.3) is 0 Å². The van der Waals surface area contributed by atoms with E-state index in [-0.39, 0.29) is 0 Å². The predicted molar refractivity (Wildman–Crippen MR) is 173 cm³/mol. The lowest BCUT2D eigenvalue weighted by atomic mass is 9.99. The van der Waals surface area contributed by atoms with Crippen LogP contribution in [0.4, 0.5) is 0 Å². The van der Waals surface area contributed by atoms with Gasteiger partial charge >= 0.3 is 0 Å². The van der Waals surface area contributed by atoms with E-state index < -0.39 is 36.9 Å². The van der Waals surface area contributed by atoms with Gasteiger partial charge in [-0.2, -0.15) is 0 Å². The minimum atomic E-state index is -1.25. The maximum atomic E-state index is 12.3. The van der Waals surface area contributed by atoms with E-state index in [2.05, 4.69) is 19.2 Å². The number of unbranched alkanes of at least 4 members (excludes halogenated alkanes) is 23. The minimum Gasteiger partial charge on any atom is -0.394 e. The lowest BCUT2D eigenvalue weighted by molar-refractivity contribution is -0.132. The first kappa shape index (κ1) is 40.3. The summed E-state index contributed by atoms with van der Waals surface area (Å²) < 4.78 is 0. The summed E-state index contributed by atoms with van der Waals surface area (Å²) in [6.45, 7) is 3.91. The Labute approximate surface area is 254 Å². The number of hydrogen-bond acceptors (Lipinski definition) is 5. The molecule has 4 atom stereocenters.